The SMILES string of the molecule is CCCCC1(CCCC)CN(c2ccccc2)c2cc(SC)c(OCC(=O)NC(C(=O)N3CCCC3C(=O)OC(C)(C)C)c3ccccc3)cc2S(=O)(=O)N1. The van der Waals surface area contributed by atoms with E-state index in [2.05, 4.69) is 28.8 Å². The minimum Gasteiger partial charge on any atom is -0.483 e. The molecule has 2 atom stereocenters. The molecule has 0 aromatic heterocycles. The molecular formula is C42H56N4O7S2. The van der Waals surface area contributed by atoms with Gasteiger partial charge in [0.05, 0.1) is 16.1 Å². The summed E-state index contributed by atoms with van der Waals surface area (Å²) in [5.74, 6) is -1.24. The van der Waals surface area contributed by atoms with Gasteiger partial charge in [0.15, 0.2) is 6.61 Å². The van der Waals surface area contributed by atoms with E-state index < -0.39 is 57.6 Å². The number of amides is 2. The lowest BCUT2D eigenvalue weighted by molar-refractivity contribution is -0.163. The first kappa shape index (κ1) is 42.1. The van der Waals surface area contributed by atoms with E-state index in [1.54, 1.807) is 45.0 Å². The van der Waals surface area contributed by atoms with Crippen molar-refractivity contribution >= 4 is 50.9 Å². The maximum Gasteiger partial charge on any atom is 0.329 e. The zero-order chi connectivity index (χ0) is 39.8. The van der Waals surface area contributed by atoms with Crippen LogP contribution in [0.25, 0.3) is 0 Å². The first-order valence-corrected chi connectivity index (χ1v) is 22.0. The van der Waals surface area contributed by atoms with Crippen molar-refractivity contribution in [1.82, 2.24) is 14.9 Å². The van der Waals surface area contributed by atoms with E-state index in [9.17, 15) is 22.8 Å². The largest absolute Gasteiger partial charge is 0.483 e. The third-order valence-corrected chi connectivity index (χ3v) is 12.3. The van der Waals surface area contributed by atoms with Crippen LogP contribution in [-0.4, -0.2) is 74.2 Å². The molecule has 11 nitrogen and oxygen atoms in total. The van der Waals surface area contributed by atoms with Crippen molar-refractivity contribution in [3.05, 3.63) is 78.4 Å². The predicted molar refractivity (Wildman–Crippen MR) is 217 cm³/mol. The number of unbranched alkanes of at least 4 members (excludes halogenated alkanes) is 2. The van der Waals surface area contributed by atoms with E-state index in [0.717, 1.165) is 31.4 Å². The molecule has 55 heavy (non-hydrogen) atoms. The third-order valence-electron chi connectivity index (χ3n) is 9.98. The van der Waals surface area contributed by atoms with Crippen molar-refractivity contribution in [3.63, 3.8) is 0 Å². The molecular weight excluding hydrogens is 737 g/mol. The van der Waals surface area contributed by atoms with E-state index in [-0.39, 0.29) is 10.6 Å². The Morgan fingerprint density at radius 2 is 1.62 bits per heavy atom. The normalized spacial score (nSPS) is 18.2. The summed E-state index contributed by atoms with van der Waals surface area (Å²) >= 11 is 1.39. The van der Waals surface area contributed by atoms with Crippen molar-refractivity contribution in [2.24, 2.45) is 0 Å². The van der Waals surface area contributed by atoms with Crippen molar-refractivity contribution < 1.29 is 32.3 Å². The molecule has 0 aliphatic carbocycles. The van der Waals surface area contributed by atoms with Crippen LogP contribution < -0.4 is 19.7 Å². The van der Waals surface area contributed by atoms with Crippen molar-refractivity contribution in [3.8, 4) is 5.75 Å². The van der Waals surface area contributed by atoms with Crippen molar-refractivity contribution in [1.29, 1.82) is 0 Å². The average Bonchev–Trinajstić information content (AvgIpc) is 3.63. The fourth-order valence-corrected chi connectivity index (χ4v) is 9.54. The van der Waals surface area contributed by atoms with E-state index in [1.165, 1.54) is 22.7 Å². The van der Waals surface area contributed by atoms with Crippen LogP contribution in [0.5, 0.6) is 5.75 Å². The molecule has 3 aromatic carbocycles. The second-order valence-electron chi connectivity index (χ2n) is 15.4. The van der Waals surface area contributed by atoms with Gasteiger partial charge >= 0.3 is 5.97 Å². The first-order valence-electron chi connectivity index (χ1n) is 19.3. The molecule has 0 radical (unpaired) electrons. The van der Waals surface area contributed by atoms with Crippen LogP contribution in [0.3, 0.4) is 0 Å². The Morgan fingerprint density at radius 3 is 2.22 bits per heavy atom. The molecule has 0 bridgehead atoms. The number of carbonyl (C=O) groups is 3. The fraction of sp³-hybridized carbons (Fsp3) is 0.500. The lowest BCUT2D eigenvalue weighted by Gasteiger charge is -2.37. The number of likely N-dealkylation sites (tertiary alicyclic amines) is 1. The molecule has 1 fully saturated rings. The van der Waals surface area contributed by atoms with E-state index in [4.69, 9.17) is 9.47 Å². The van der Waals surface area contributed by atoms with Crippen LogP contribution in [0.15, 0.2) is 82.6 Å². The van der Waals surface area contributed by atoms with E-state index in [1.807, 2.05) is 48.7 Å². The topological polar surface area (TPSA) is 134 Å². The van der Waals surface area contributed by atoms with Gasteiger partial charge in [0.25, 0.3) is 11.8 Å². The predicted octanol–water partition coefficient (Wildman–Crippen LogP) is 7.53. The Morgan fingerprint density at radius 1 is 0.982 bits per heavy atom. The molecule has 0 spiro atoms. The number of hydrogen-bond donors (Lipinski definition) is 2. The Labute approximate surface area is 331 Å². The number of rotatable bonds is 15. The summed E-state index contributed by atoms with van der Waals surface area (Å²) in [6, 6.07) is 20.2. The second-order valence-corrected chi connectivity index (χ2v) is 17.9. The molecule has 2 aliphatic heterocycles. The summed E-state index contributed by atoms with van der Waals surface area (Å²) in [7, 11) is -4.04. The summed E-state index contributed by atoms with van der Waals surface area (Å²) in [6.07, 6.45) is 7.96. The van der Waals surface area contributed by atoms with Crippen molar-refractivity contribution in [2.75, 3.05) is 30.9 Å². The molecule has 5 rings (SSSR count). The maximum atomic E-state index is 14.4. The number of fused-ring (bicyclic) bond motifs is 1. The number of esters is 1. The van der Waals surface area contributed by atoms with Crippen LogP contribution in [-0.2, 0) is 29.1 Å². The molecule has 1 saturated heterocycles. The van der Waals surface area contributed by atoms with Gasteiger partial charge in [-0.15, -0.1) is 11.8 Å². The summed E-state index contributed by atoms with van der Waals surface area (Å²) in [4.78, 5) is 45.2. The van der Waals surface area contributed by atoms with Crippen LogP contribution in [0, 0.1) is 0 Å². The molecule has 2 aliphatic rings. The quantitative estimate of drug-likeness (QED) is 0.118. The molecule has 2 N–H and O–H groups in total. The number of sulfonamides is 1. The molecule has 298 valence electrons. The summed E-state index contributed by atoms with van der Waals surface area (Å²) in [5.41, 5.74) is 0.556. The monoisotopic (exact) mass is 792 g/mol. The van der Waals surface area contributed by atoms with Gasteiger partial charge in [-0.25, -0.2) is 17.9 Å². The summed E-state index contributed by atoms with van der Waals surface area (Å²) in [5, 5.41) is 2.84. The van der Waals surface area contributed by atoms with E-state index >= 15 is 0 Å². The smallest absolute Gasteiger partial charge is 0.329 e. The Hall–Kier alpha value is -4.07. The Bertz CT molecular complexity index is 1890. The molecule has 0 saturated carbocycles. The zero-order valence-electron chi connectivity index (χ0n) is 32.9. The minimum absolute atomic E-state index is 0.0685. The van der Waals surface area contributed by atoms with Gasteiger partial charge in [0.1, 0.15) is 28.3 Å². The Kier molecular flexibility index (Phi) is 14.0. The number of nitrogens with one attached hydrogen (secondary N) is 2. The van der Waals surface area contributed by atoms with Crippen LogP contribution >= 0.6 is 11.8 Å². The Balaban J connectivity index is 1.44. The molecule has 2 amide bonds. The molecule has 2 heterocycles. The number of ether oxygens (including phenoxy) is 2. The second kappa shape index (κ2) is 18.3. The first-order chi connectivity index (χ1) is 26.2. The van der Waals surface area contributed by atoms with Gasteiger partial charge in [0, 0.05) is 24.8 Å². The van der Waals surface area contributed by atoms with E-state index in [0.29, 0.717) is 54.9 Å². The lowest BCUT2D eigenvalue weighted by Crippen LogP contribution is -2.53. The highest BCUT2D eigenvalue weighted by molar-refractivity contribution is 7.98. The molecule has 2 unspecified atom stereocenters. The highest BCUT2D eigenvalue weighted by Gasteiger charge is 2.43. The average molecular weight is 793 g/mol. The highest BCUT2D eigenvalue weighted by Crippen LogP contribution is 2.44. The van der Waals surface area contributed by atoms with Gasteiger partial charge < -0.3 is 24.6 Å². The number of anilines is 2. The summed E-state index contributed by atoms with van der Waals surface area (Å²) in [6.45, 7) is 9.90. The molecule has 13 heteroatoms. The highest BCUT2D eigenvalue weighted by atomic mass is 32.2. The number of carbonyl (C=O) groups excluding carboxylic acids is 3. The zero-order valence-corrected chi connectivity index (χ0v) is 34.6. The van der Waals surface area contributed by atoms with Gasteiger partial charge in [-0.05, 0) is 76.5 Å². The fourth-order valence-electron chi connectivity index (χ4n) is 7.33. The van der Waals surface area contributed by atoms with Crippen LogP contribution in [0.4, 0.5) is 11.4 Å². The standard InChI is InChI=1S/C42H56N4O7S2/c1-7-9-23-42(24-10-8-2)29-46(31-20-15-12-16-21-31)33-26-35(54-6)34(27-36(33)55(50,51)44-42)52-28-37(47)43-38(30-18-13-11-14-19-30)39(48)45-25-17-22-32(45)40(49)53-41(3,4)5/h11-16,18-21,26-27,32,38,44H,7-10,17,22-25,28-29H2,1-6H3,(H,43,47). The lowest BCUT2D eigenvalue weighted by atomic mass is 9.87. The van der Waals surface area contributed by atoms with Gasteiger partial charge in [-0.2, -0.15) is 0 Å². The number of benzene rings is 3. The number of hydrogen-bond acceptors (Lipinski definition) is 9. The number of thioether (sulfide) groups is 1. The van der Waals surface area contributed by atoms with Gasteiger partial charge in [-0.1, -0.05) is 88.1 Å². The number of nitrogens with zero attached hydrogens (tertiary/aromatic N) is 2. The summed E-state index contributed by atoms with van der Waals surface area (Å²) < 4.78 is 43.7. The van der Waals surface area contributed by atoms with Crippen molar-refractivity contribution in [2.45, 2.75) is 119 Å². The molecule has 3 aromatic rings. The number of para-hydroxylation sites is 1. The van der Waals surface area contributed by atoms with Crippen LogP contribution in [0.2, 0.25) is 0 Å². The maximum absolute atomic E-state index is 14.4. The van der Waals surface area contributed by atoms with Gasteiger partial charge in [0.2, 0.25) is 10.0 Å². The van der Waals surface area contributed by atoms with Crippen LogP contribution in [0.1, 0.15) is 97.6 Å². The minimum atomic E-state index is -4.04. The third kappa shape index (κ3) is 10.4. The van der Waals surface area contributed by atoms with Gasteiger partial charge in [-0.3, -0.25) is 9.59 Å².